The zero-order chi connectivity index (χ0) is 15.4. The lowest BCUT2D eigenvalue weighted by atomic mass is 10.2. The maximum Gasteiger partial charge on any atom is 0.222 e. The van der Waals surface area contributed by atoms with Crippen molar-refractivity contribution < 1.29 is 4.79 Å². The topological polar surface area (TPSA) is 46.9 Å². The first-order valence-electron chi connectivity index (χ1n) is 7.13. The number of nitrogens with one attached hydrogen (secondary N) is 1. The summed E-state index contributed by atoms with van der Waals surface area (Å²) in [7, 11) is 0. The highest BCUT2D eigenvalue weighted by molar-refractivity contribution is 9.10. The molecule has 1 aromatic carbocycles. The lowest BCUT2D eigenvalue weighted by Gasteiger charge is -2.07. The molecule has 0 aliphatic heterocycles. The normalized spacial score (nSPS) is 10.8. The molecule has 112 valence electrons. The molecular weight excluding hydrogens is 342 g/mol. The number of fused-ring (bicyclic) bond motifs is 1. The van der Waals surface area contributed by atoms with Gasteiger partial charge in [-0.25, -0.2) is 0 Å². The standard InChI is InChI=1S/C17H16BrN3O/c18-15-2-1-3-16-14(15)6-10-21(16)11-7-17(22)20-12-13-4-8-19-9-5-13/h1-6,8-10H,7,11-12H2,(H,20,22). The summed E-state index contributed by atoms with van der Waals surface area (Å²) >= 11 is 3.54. The molecule has 3 rings (SSSR count). The predicted molar refractivity (Wildman–Crippen MR) is 90.3 cm³/mol. The zero-order valence-corrected chi connectivity index (χ0v) is 13.6. The van der Waals surface area contributed by atoms with E-state index in [2.05, 4.69) is 42.9 Å². The first-order chi connectivity index (χ1) is 10.7. The molecule has 3 aromatic rings. The van der Waals surface area contributed by atoms with Crippen LogP contribution in [0.25, 0.3) is 10.9 Å². The Hall–Kier alpha value is -2.14. The molecule has 0 radical (unpaired) electrons. The highest BCUT2D eigenvalue weighted by Gasteiger charge is 2.06. The molecule has 5 heteroatoms. The number of carbonyl (C=O) groups excluding carboxylic acids is 1. The summed E-state index contributed by atoms with van der Waals surface area (Å²) < 4.78 is 3.18. The van der Waals surface area contributed by atoms with E-state index in [-0.39, 0.29) is 5.91 Å². The first kappa shape index (κ1) is 14.8. The third kappa shape index (κ3) is 3.36. The number of rotatable bonds is 5. The van der Waals surface area contributed by atoms with Crippen LogP contribution in [-0.2, 0) is 17.9 Å². The molecule has 0 aliphatic rings. The van der Waals surface area contributed by atoms with Gasteiger partial charge in [-0.3, -0.25) is 9.78 Å². The Bertz CT molecular complexity index is 783. The van der Waals surface area contributed by atoms with Crippen LogP contribution in [0.4, 0.5) is 0 Å². The Kier molecular flexibility index (Phi) is 4.53. The molecule has 2 heterocycles. The average Bonchev–Trinajstić information content (AvgIpc) is 2.96. The third-order valence-corrected chi connectivity index (χ3v) is 4.27. The van der Waals surface area contributed by atoms with Crippen LogP contribution in [0.3, 0.4) is 0 Å². The molecule has 1 amide bonds. The van der Waals surface area contributed by atoms with Crippen molar-refractivity contribution in [1.29, 1.82) is 0 Å². The van der Waals surface area contributed by atoms with Crippen molar-refractivity contribution in [3.8, 4) is 0 Å². The van der Waals surface area contributed by atoms with E-state index in [1.54, 1.807) is 12.4 Å². The molecule has 2 aromatic heterocycles. The number of halogens is 1. The van der Waals surface area contributed by atoms with E-state index >= 15 is 0 Å². The van der Waals surface area contributed by atoms with Gasteiger partial charge < -0.3 is 9.88 Å². The number of hydrogen-bond donors (Lipinski definition) is 1. The lowest BCUT2D eigenvalue weighted by molar-refractivity contribution is -0.121. The van der Waals surface area contributed by atoms with Crippen molar-refractivity contribution in [1.82, 2.24) is 14.9 Å². The van der Waals surface area contributed by atoms with Gasteiger partial charge in [0.25, 0.3) is 0 Å². The summed E-state index contributed by atoms with van der Waals surface area (Å²) in [4.78, 5) is 15.9. The van der Waals surface area contributed by atoms with E-state index in [4.69, 9.17) is 0 Å². The highest BCUT2D eigenvalue weighted by Crippen LogP contribution is 2.24. The van der Waals surface area contributed by atoms with E-state index in [0.717, 1.165) is 15.6 Å². The number of amides is 1. The number of aromatic nitrogens is 2. The van der Waals surface area contributed by atoms with E-state index in [0.29, 0.717) is 19.5 Å². The van der Waals surface area contributed by atoms with E-state index in [1.807, 2.05) is 30.5 Å². The van der Waals surface area contributed by atoms with Crippen molar-refractivity contribution in [3.63, 3.8) is 0 Å². The van der Waals surface area contributed by atoms with Gasteiger partial charge in [-0.15, -0.1) is 0 Å². The van der Waals surface area contributed by atoms with Crippen LogP contribution in [-0.4, -0.2) is 15.5 Å². The van der Waals surface area contributed by atoms with Crippen LogP contribution in [0.2, 0.25) is 0 Å². The molecule has 0 saturated heterocycles. The number of pyridine rings is 1. The van der Waals surface area contributed by atoms with Crippen LogP contribution >= 0.6 is 15.9 Å². The molecule has 0 fully saturated rings. The Morgan fingerprint density at radius 1 is 1.18 bits per heavy atom. The minimum absolute atomic E-state index is 0.0497. The second-order valence-electron chi connectivity index (χ2n) is 5.06. The van der Waals surface area contributed by atoms with Crippen molar-refractivity contribution in [2.45, 2.75) is 19.5 Å². The molecule has 0 saturated carbocycles. The van der Waals surface area contributed by atoms with Gasteiger partial charge in [0, 0.05) is 53.5 Å². The van der Waals surface area contributed by atoms with Crippen molar-refractivity contribution in [2.24, 2.45) is 0 Å². The van der Waals surface area contributed by atoms with Gasteiger partial charge in [0.15, 0.2) is 0 Å². The summed E-state index contributed by atoms with van der Waals surface area (Å²) in [6.07, 6.45) is 5.93. The summed E-state index contributed by atoms with van der Waals surface area (Å²) in [5, 5.41) is 4.10. The maximum absolute atomic E-state index is 12.0. The maximum atomic E-state index is 12.0. The molecule has 4 nitrogen and oxygen atoms in total. The molecule has 0 aliphatic carbocycles. The Labute approximate surface area is 137 Å². The fraction of sp³-hybridized carbons (Fsp3) is 0.176. The highest BCUT2D eigenvalue weighted by atomic mass is 79.9. The minimum Gasteiger partial charge on any atom is -0.352 e. The van der Waals surface area contributed by atoms with Crippen molar-refractivity contribution >= 4 is 32.7 Å². The van der Waals surface area contributed by atoms with Crippen LogP contribution < -0.4 is 5.32 Å². The predicted octanol–water partition coefficient (Wildman–Crippen LogP) is 3.51. The second kappa shape index (κ2) is 6.75. The van der Waals surface area contributed by atoms with Gasteiger partial charge >= 0.3 is 0 Å². The van der Waals surface area contributed by atoms with Crippen LogP contribution in [0.15, 0.2) is 59.5 Å². The molecule has 0 atom stereocenters. The fourth-order valence-corrected chi connectivity index (χ4v) is 2.88. The van der Waals surface area contributed by atoms with E-state index < -0.39 is 0 Å². The van der Waals surface area contributed by atoms with Gasteiger partial charge in [-0.1, -0.05) is 22.0 Å². The largest absolute Gasteiger partial charge is 0.352 e. The van der Waals surface area contributed by atoms with Gasteiger partial charge in [0.1, 0.15) is 0 Å². The van der Waals surface area contributed by atoms with Crippen molar-refractivity contribution in [3.05, 3.63) is 65.0 Å². The number of carbonyl (C=O) groups is 1. The quantitative estimate of drug-likeness (QED) is 0.759. The summed E-state index contributed by atoms with van der Waals surface area (Å²) in [5.41, 5.74) is 2.19. The van der Waals surface area contributed by atoms with Crippen molar-refractivity contribution in [2.75, 3.05) is 0 Å². The molecular formula is C17H16BrN3O. The molecule has 0 unspecified atom stereocenters. The number of hydrogen-bond acceptors (Lipinski definition) is 2. The summed E-state index contributed by atoms with van der Waals surface area (Å²) in [6.45, 7) is 1.21. The smallest absolute Gasteiger partial charge is 0.222 e. The Balaban J connectivity index is 1.57. The second-order valence-corrected chi connectivity index (χ2v) is 5.92. The molecule has 1 N–H and O–H groups in total. The number of benzene rings is 1. The van der Waals surface area contributed by atoms with Gasteiger partial charge in [0.2, 0.25) is 5.91 Å². The summed E-state index contributed by atoms with van der Waals surface area (Å²) in [5.74, 6) is 0.0497. The van der Waals surface area contributed by atoms with Crippen LogP contribution in [0.5, 0.6) is 0 Å². The molecule has 22 heavy (non-hydrogen) atoms. The van der Waals surface area contributed by atoms with Crippen LogP contribution in [0, 0.1) is 0 Å². The van der Waals surface area contributed by atoms with Gasteiger partial charge in [-0.05, 0) is 35.9 Å². The molecule has 0 spiro atoms. The molecule has 0 bridgehead atoms. The first-order valence-corrected chi connectivity index (χ1v) is 7.92. The third-order valence-electron chi connectivity index (χ3n) is 3.58. The number of aryl methyl sites for hydroxylation is 1. The monoisotopic (exact) mass is 357 g/mol. The SMILES string of the molecule is O=C(CCn1ccc2c(Br)cccc21)NCc1ccncc1. The Morgan fingerprint density at radius 2 is 2.00 bits per heavy atom. The minimum atomic E-state index is 0.0497. The van der Waals surface area contributed by atoms with E-state index in [9.17, 15) is 4.79 Å². The van der Waals surface area contributed by atoms with Gasteiger partial charge in [-0.2, -0.15) is 0 Å². The van der Waals surface area contributed by atoms with Crippen LogP contribution in [0.1, 0.15) is 12.0 Å². The Morgan fingerprint density at radius 3 is 2.82 bits per heavy atom. The summed E-state index contributed by atoms with van der Waals surface area (Å²) in [6, 6.07) is 12.0. The zero-order valence-electron chi connectivity index (χ0n) is 12.0. The fourth-order valence-electron chi connectivity index (χ4n) is 2.39. The number of nitrogens with zero attached hydrogens (tertiary/aromatic N) is 2. The van der Waals surface area contributed by atoms with E-state index in [1.165, 1.54) is 5.39 Å². The lowest BCUT2D eigenvalue weighted by Crippen LogP contribution is -2.23. The van der Waals surface area contributed by atoms with Gasteiger partial charge in [0.05, 0.1) is 0 Å². The average molecular weight is 358 g/mol.